The molecule has 206 valence electrons. The average Bonchev–Trinajstić information content (AvgIpc) is 3.38. The van der Waals surface area contributed by atoms with Crippen LogP contribution in [0.25, 0.3) is 17.2 Å². The summed E-state index contributed by atoms with van der Waals surface area (Å²) in [4.78, 5) is 13.0. The van der Waals surface area contributed by atoms with Gasteiger partial charge in [-0.2, -0.15) is 0 Å². The second-order valence-corrected chi connectivity index (χ2v) is 11.9. The van der Waals surface area contributed by atoms with E-state index in [9.17, 15) is 4.79 Å². The third kappa shape index (κ3) is 4.98. The second-order valence-electron chi connectivity index (χ2n) is 11.9. The molecule has 3 aromatic carbocycles. The van der Waals surface area contributed by atoms with Crippen molar-refractivity contribution >= 4 is 19.3 Å². The van der Waals surface area contributed by atoms with Crippen LogP contribution in [0, 0.1) is 0 Å². The molecular formula is C33H37BN2O4. The Bertz CT molecular complexity index is 1400. The summed E-state index contributed by atoms with van der Waals surface area (Å²) in [5.74, 6) is 0.0145. The summed E-state index contributed by atoms with van der Waals surface area (Å²) >= 11 is 0. The number of carbonyl (C=O) groups excluding carboxylic acids is 1. The van der Waals surface area contributed by atoms with Gasteiger partial charge in [0.15, 0.2) is 0 Å². The van der Waals surface area contributed by atoms with Crippen molar-refractivity contribution in [2.75, 3.05) is 19.7 Å². The van der Waals surface area contributed by atoms with E-state index < -0.39 is 24.4 Å². The highest BCUT2D eigenvalue weighted by molar-refractivity contribution is 6.56. The smallest absolute Gasteiger partial charge is 0.449 e. The Labute approximate surface area is 237 Å². The summed E-state index contributed by atoms with van der Waals surface area (Å²) in [6.45, 7) is 10.5. The molecule has 1 saturated heterocycles. The van der Waals surface area contributed by atoms with Gasteiger partial charge in [0.2, 0.25) is 0 Å². The predicted molar refractivity (Wildman–Crippen MR) is 159 cm³/mol. The third-order valence-corrected chi connectivity index (χ3v) is 8.85. The van der Waals surface area contributed by atoms with Gasteiger partial charge >= 0.3 is 13.2 Å². The lowest BCUT2D eigenvalue weighted by atomic mass is 9.76. The highest BCUT2D eigenvalue weighted by Crippen LogP contribution is 2.44. The summed E-state index contributed by atoms with van der Waals surface area (Å²) in [7, 11) is -0.573. The van der Waals surface area contributed by atoms with Gasteiger partial charge in [-0.3, -0.25) is 0 Å². The van der Waals surface area contributed by atoms with E-state index in [1.807, 2.05) is 39.8 Å². The molecule has 0 radical (unpaired) electrons. The molecule has 1 aliphatic carbocycles. The third-order valence-electron chi connectivity index (χ3n) is 8.85. The number of amides is 1. The van der Waals surface area contributed by atoms with Crippen molar-refractivity contribution in [1.82, 2.24) is 10.6 Å². The van der Waals surface area contributed by atoms with Gasteiger partial charge in [0.05, 0.1) is 11.2 Å². The fraction of sp³-hybridized carbons (Fsp3) is 0.364. The van der Waals surface area contributed by atoms with E-state index in [0.717, 1.165) is 30.5 Å². The van der Waals surface area contributed by atoms with Crippen molar-refractivity contribution in [3.63, 3.8) is 0 Å². The van der Waals surface area contributed by atoms with Crippen molar-refractivity contribution in [2.24, 2.45) is 0 Å². The van der Waals surface area contributed by atoms with Crippen molar-refractivity contribution in [1.29, 1.82) is 0 Å². The first-order valence-electron chi connectivity index (χ1n) is 14.2. The van der Waals surface area contributed by atoms with Crippen LogP contribution in [0.15, 0.2) is 72.2 Å². The van der Waals surface area contributed by atoms with Gasteiger partial charge in [-0.15, -0.1) is 0 Å². The molecule has 7 heteroatoms. The standard InChI is InChI=1S/C33H37BN2O4/c1-32(2)33(3,4)40-34(39-32)24(18-22-10-9-11-23-19-35-17-16-25(22)23)20-36-31(37)38-21-30-28-14-7-5-12-26(28)27-13-6-8-15-29(27)30/h5-15,18,30,35H,16-17,19-21H2,1-4H3,(H,36,37). The number of nitrogens with one attached hydrogen (secondary N) is 2. The Morgan fingerprint density at radius 1 is 0.975 bits per heavy atom. The lowest BCUT2D eigenvalue weighted by Crippen LogP contribution is -2.41. The molecular weight excluding hydrogens is 499 g/mol. The molecule has 0 saturated carbocycles. The first kappa shape index (κ1) is 26.8. The van der Waals surface area contributed by atoms with Crippen LogP contribution in [-0.2, 0) is 27.0 Å². The predicted octanol–water partition coefficient (Wildman–Crippen LogP) is 5.89. The van der Waals surface area contributed by atoms with E-state index in [0.29, 0.717) is 0 Å². The average molecular weight is 536 g/mol. The Hall–Kier alpha value is -3.39. The molecule has 1 amide bonds. The minimum atomic E-state index is -0.573. The summed E-state index contributed by atoms with van der Waals surface area (Å²) in [5.41, 5.74) is 8.46. The first-order valence-corrected chi connectivity index (χ1v) is 14.2. The molecule has 2 aliphatic heterocycles. The number of ether oxygens (including phenoxy) is 1. The van der Waals surface area contributed by atoms with Crippen LogP contribution >= 0.6 is 0 Å². The van der Waals surface area contributed by atoms with E-state index in [4.69, 9.17) is 14.0 Å². The Balaban J connectivity index is 1.20. The molecule has 0 unspecified atom stereocenters. The molecule has 3 aliphatic rings. The number of alkyl carbamates (subject to hydrolysis) is 1. The maximum Gasteiger partial charge on any atom is 0.492 e. The monoisotopic (exact) mass is 536 g/mol. The molecule has 2 heterocycles. The Morgan fingerprint density at radius 2 is 1.62 bits per heavy atom. The van der Waals surface area contributed by atoms with E-state index in [1.165, 1.54) is 33.4 Å². The molecule has 0 bridgehead atoms. The SMILES string of the molecule is CC1(C)OB(C(=Cc2cccc3c2CCNC3)CNC(=O)OCC2c3ccccc3-c3ccccc32)OC1(C)C. The lowest BCUT2D eigenvalue weighted by molar-refractivity contribution is 0.00578. The number of fused-ring (bicyclic) bond motifs is 4. The van der Waals surface area contributed by atoms with Crippen LogP contribution < -0.4 is 10.6 Å². The highest BCUT2D eigenvalue weighted by Gasteiger charge is 2.52. The zero-order valence-corrected chi connectivity index (χ0v) is 23.8. The largest absolute Gasteiger partial charge is 0.492 e. The topological polar surface area (TPSA) is 68.8 Å². The number of rotatable bonds is 6. The van der Waals surface area contributed by atoms with Gasteiger partial charge in [0, 0.05) is 19.0 Å². The zero-order valence-electron chi connectivity index (χ0n) is 23.8. The zero-order chi connectivity index (χ0) is 27.9. The highest BCUT2D eigenvalue weighted by atomic mass is 16.7. The summed E-state index contributed by atoms with van der Waals surface area (Å²) in [6.07, 6.45) is 2.62. The minimum absolute atomic E-state index is 0.0145. The van der Waals surface area contributed by atoms with E-state index in [2.05, 4.69) is 71.3 Å². The maximum absolute atomic E-state index is 13.0. The molecule has 2 N–H and O–H groups in total. The molecule has 0 spiro atoms. The summed E-state index contributed by atoms with van der Waals surface area (Å²) < 4.78 is 18.6. The molecule has 40 heavy (non-hydrogen) atoms. The molecule has 0 aromatic heterocycles. The number of carbonyl (C=O) groups is 1. The molecule has 1 fully saturated rings. The molecule has 3 aromatic rings. The molecule has 6 rings (SSSR count). The van der Waals surface area contributed by atoms with E-state index in [1.54, 1.807) is 0 Å². The van der Waals surface area contributed by atoms with Crippen LogP contribution in [0.5, 0.6) is 0 Å². The molecule has 6 nitrogen and oxygen atoms in total. The normalized spacial score (nSPS) is 19.1. The van der Waals surface area contributed by atoms with Gasteiger partial charge in [0.25, 0.3) is 0 Å². The first-order chi connectivity index (χ1) is 19.2. The number of hydrogen-bond acceptors (Lipinski definition) is 5. The quantitative estimate of drug-likeness (QED) is 0.385. The fourth-order valence-corrected chi connectivity index (χ4v) is 5.92. The van der Waals surface area contributed by atoms with Gasteiger partial charge in [-0.1, -0.05) is 72.8 Å². The number of hydrogen-bond donors (Lipinski definition) is 2. The van der Waals surface area contributed by atoms with Crippen LogP contribution in [0.1, 0.15) is 61.4 Å². The van der Waals surface area contributed by atoms with Crippen molar-refractivity contribution in [3.05, 3.63) is 100 Å². The Morgan fingerprint density at radius 3 is 2.30 bits per heavy atom. The van der Waals surface area contributed by atoms with Crippen molar-refractivity contribution < 1.29 is 18.8 Å². The lowest BCUT2D eigenvalue weighted by Gasteiger charge is -2.32. The van der Waals surface area contributed by atoms with Gasteiger partial charge < -0.3 is 24.7 Å². The van der Waals surface area contributed by atoms with Crippen molar-refractivity contribution in [2.45, 2.75) is 57.8 Å². The van der Waals surface area contributed by atoms with Gasteiger partial charge in [0.1, 0.15) is 6.61 Å². The van der Waals surface area contributed by atoms with Gasteiger partial charge in [-0.05, 0) is 85.1 Å². The van der Waals surface area contributed by atoms with Crippen LogP contribution in [0.3, 0.4) is 0 Å². The van der Waals surface area contributed by atoms with Gasteiger partial charge in [-0.25, -0.2) is 4.79 Å². The summed E-state index contributed by atoms with van der Waals surface area (Å²) in [5, 5.41) is 6.43. The van der Waals surface area contributed by atoms with Crippen LogP contribution in [-0.4, -0.2) is 44.1 Å². The van der Waals surface area contributed by atoms with E-state index in [-0.39, 0.29) is 19.1 Å². The molecule has 0 atom stereocenters. The van der Waals surface area contributed by atoms with Crippen molar-refractivity contribution in [3.8, 4) is 11.1 Å². The van der Waals surface area contributed by atoms with Crippen LogP contribution in [0.2, 0.25) is 0 Å². The van der Waals surface area contributed by atoms with Crippen LogP contribution in [0.4, 0.5) is 4.79 Å². The Kier molecular flexibility index (Phi) is 7.07. The minimum Gasteiger partial charge on any atom is -0.449 e. The maximum atomic E-state index is 13.0. The van der Waals surface area contributed by atoms with E-state index >= 15 is 0 Å². The number of benzene rings is 3. The summed E-state index contributed by atoms with van der Waals surface area (Å²) in [6, 6.07) is 23.1. The second kappa shape index (κ2) is 10.5. The fourth-order valence-electron chi connectivity index (χ4n) is 5.92.